The van der Waals surface area contributed by atoms with Gasteiger partial charge in [-0.15, -0.1) is 0 Å². The maximum atomic E-state index is 11.9. The Hall–Kier alpha value is -1.60. The normalized spacial score (nSPS) is 11.2. The summed E-state index contributed by atoms with van der Waals surface area (Å²) in [5.41, 5.74) is 1.22. The van der Waals surface area contributed by atoms with Crippen LogP contribution in [0.1, 0.15) is 19.4 Å². The number of urea groups is 1. The van der Waals surface area contributed by atoms with E-state index in [1.807, 2.05) is 13.8 Å². The lowest BCUT2D eigenvalue weighted by atomic mass is 10.2. The Morgan fingerprint density at radius 2 is 1.89 bits per heavy atom. The highest BCUT2D eigenvalue weighted by atomic mass is 32.2. The van der Waals surface area contributed by atoms with Crippen LogP contribution in [0.3, 0.4) is 0 Å². The van der Waals surface area contributed by atoms with E-state index in [1.165, 1.54) is 18.2 Å². The van der Waals surface area contributed by atoms with Crippen molar-refractivity contribution in [2.75, 3.05) is 18.4 Å². The van der Waals surface area contributed by atoms with Gasteiger partial charge in [-0.1, -0.05) is 0 Å². The highest BCUT2D eigenvalue weighted by Crippen LogP contribution is 2.19. The number of sulfonamides is 1. The first-order chi connectivity index (χ1) is 8.79. The van der Waals surface area contributed by atoms with E-state index >= 15 is 0 Å². The summed E-state index contributed by atoms with van der Waals surface area (Å²) in [6.07, 6.45) is 0. The molecule has 6 nitrogen and oxygen atoms in total. The van der Waals surface area contributed by atoms with Gasteiger partial charge >= 0.3 is 6.03 Å². The molecule has 0 aromatic heterocycles. The Kier molecular flexibility index (Phi) is 4.90. The van der Waals surface area contributed by atoms with Crippen LogP contribution in [0.5, 0.6) is 0 Å². The topological polar surface area (TPSA) is 92.5 Å². The second kappa shape index (κ2) is 6.03. The number of rotatable bonds is 4. The van der Waals surface area contributed by atoms with E-state index in [4.69, 9.17) is 5.14 Å². The maximum Gasteiger partial charge on any atom is 0.321 e. The minimum atomic E-state index is -3.72. The molecule has 0 aliphatic rings. The van der Waals surface area contributed by atoms with Crippen molar-refractivity contribution in [1.82, 2.24) is 4.90 Å². The summed E-state index contributed by atoms with van der Waals surface area (Å²) in [7, 11) is -3.72. The molecule has 0 unspecified atom stereocenters. The number of primary sulfonamides is 1. The van der Waals surface area contributed by atoms with Crippen LogP contribution in [0.15, 0.2) is 23.1 Å². The number of anilines is 1. The smallest absolute Gasteiger partial charge is 0.321 e. The zero-order valence-electron chi connectivity index (χ0n) is 11.3. The molecule has 19 heavy (non-hydrogen) atoms. The molecule has 0 spiro atoms. The highest BCUT2D eigenvalue weighted by molar-refractivity contribution is 7.89. The number of hydrogen-bond acceptors (Lipinski definition) is 3. The number of nitrogens with one attached hydrogen (secondary N) is 1. The maximum absolute atomic E-state index is 11.9. The minimum absolute atomic E-state index is 0.0332. The van der Waals surface area contributed by atoms with Gasteiger partial charge in [0.1, 0.15) is 0 Å². The van der Waals surface area contributed by atoms with Crippen molar-refractivity contribution in [3.8, 4) is 0 Å². The van der Waals surface area contributed by atoms with Crippen molar-refractivity contribution < 1.29 is 13.2 Å². The Bertz CT molecular complexity index is 566. The number of carbonyl (C=O) groups is 1. The number of amides is 2. The largest absolute Gasteiger partial charge is 0.325 e. The van der Waals surface area contributed by atoms with E-state index in [0.717, 1.165) is 0 Å². The first kappa shape index (κ1) is 15.5. The Balaban J connectivity index is 2.96. The van der Waals surface area contributed by atoms with Crippen LogP contribution < -0.4 is 10.5 Å². The summed E-state index contributed by atoms with van der Waals surface area (Å²) in [4.78, 5) is 13.5. The van der Waals surface area contributed by atoms with Gasteiger partial charge in [-0.2, -0.15) is 0 Å². The van der Waals surface area contributed by atoms with Crippen molar-refractivity contribution >= 4 is 21.7 Å². The van der Waals surface area contributed by atoms with Crippen LogP contribution in [0, 0.1) is 6.92 Å². The standard InChI is InChI=1S/C12H19N3O3S/c1-4-15(5-2)12(16)14-11-7-6-10(8-9(11)3)19(13,17)18/h6-8H,4-5H2,1-3H3,(H,14,16)(H2,13,17,18). The predicted molar refractivity (Wildman–Crippen MR) is 74.5 cm³/mol. The monoisotopic (exact) mass is 285 g/mol. The van der Waals surface area contributed by atoms with Gasteiger partial charge in [-0.3, -0.25) is 0 Å². The van der Waals surface area contributed by atoms with Gasteiger partial charge in [-0.25, -0.2) is 18.4 Å². The summed E-state index contributed by atoms with van der Waals surface area (Å²) in [5.74, 6) is 0. The molecule has 1 rings (SSSR count). The quantitative estimate of drug-likeness (QED) is 0.878. The van der Waals surface area contributed by atoms with Crippen LogP contribution in [-0.2, 0) is 10.0 Å². The van der Waals surface area contributed by atoms with E-state index in [2.05, 4.69) is 5.32 Å². The third-order valence-corrected chi connectivity index (χ3v) is 3.73. The van der Waals surface area contributed by atoms with Gasteiger partial charge in [-0.05, 0) is 44.5 Å². The molecule has 7 heteroatoms. The van der Waals surface area contributed by atoms with Crippen molar-refractivity contribution in [1.29, 1.82) is 0 Å². The van der Waals surface area contributed by atoms with Gasteiger partial charge in [0.05, 0.1) is 4.90 Å². The second-order valence-electron chi connectivity index (χ2n) is 4.12. The van der Waals surface area contributed by atoms with E-state index in [9.17, 15) is 13.2 Å². The molecule has 0 bridgehead atoms. The van der Waals surface area contributed by atoms with E-state index < -0.39 is 10.0 Å². The van der Waals surface area contributed by atoms with Crippen molar-refractivity contribution in [3.05, 3.63) is 23.8 Å². The summed E-state index contributed by atoms with van der Waals surface area (Å²) in [6, 6.07) is 4.14. The molecule has 1 aromatic rings. The van der Waals surface area contributed by atoms with E-state index in [0.29, 0.717) is 24.3 Å². The first-order valence-corrected chi connectivity index (χ1v) is 7.53. The SMILES string of the molecule is CCN(CC)C(=O)Nc1ccc(S(N)(=O)=O)cc1C. The van der Waals surface area contributed by atoms with Crippen molar-refractivity contribution in [2.45, 2.75) is 25.7 Å². The Morgan fingerprint density at radius 3 is 2.32 bits per heavy atom. The Morgan fingerprint density at radius 1 is 1.32 bits per heavy atom. The molecule has 0 saturated heterocycles. The van der Waals surface area contributed by atoms with Crippen LogP contribution in [-0.4, -0.2) is 32.4 Å². The van der Waals surface area contributed by atoms with Crippen LogP contribution in [0.4, 0.5) is 10.5 Å². The van der Waals surface area contributed by atoms with E-state index in [-0.39, 0.29) is 10.9 Å². The number of carbonyl (C=O) groups excluding carboxylic acids is 1. The molecule has 1 aromatic carbocycles. The summed E-state index contributed by atoms with van der Waals surface area (Å²) >= 11 is 0. The number of aryl methyl sites for hydroxylation is 1. The van der Waals surface area contributed by atoms with Crippen molar-refractivity contribution in [3.63, 3.8) is 0 Å². The predicted octanol–water partition coefficient (Wildman–Crippen LogP) is 1.52. The number of nitrogens with two attached hydrogens (primary N) is 1. The number of nitrogens with zero attached hydrogens (tertiary/aromatic N) is 1. The average Bonchev–Trinajstić information content (AvgIpc) is 2.32. The number of benzene rings is 1. The third-order valence-electron chi connectivity index (χ3n) is 2.82. The van der Waals surface area contributed by atoms with Crippen LogP contribution in [0.25, 0.3) is 0 Å². The molecule has 0 heterocycles. The molecule has 2 amide bonds. The summed E-state index contributed by atoms with van der Waals surface area (Å²) < 4.78 is 22.4. The van der Waals surface area contributed by atoms with Gasteiger partial charge < -0.3 is 10.2 Å². The average molecular weight is 285 g/mol. The van der Waals surface area contributed by atoms with Gasteiger partial charge in [0, 0.05) is 18.8 Å². The van der Waals surface area contributed by atoms with Gasteiger partial charge in [0.25, 0.3) is 0 Å². The minimum Gasteiger partial charge on any atom is -0.325 e. The fraction of sp³-hybridized carbons (Fsp3) is 0.417. The molecule has 0 fully saturated rings. The molecule has 0 aliphatic heterocycles. The molecule has 0 atom stereocenters. The molecular formula is C12H19N3O3S. The molecule has 0 radical (unpaired) electrons. The van der Waals surface area contributed by atoms with E-state index in [1.54, 1.807) is 11.8 Å². The lowest BCUT2D eigenvalue weighted by molar-refractivity contribution is 0.217. The van der Waals surface area contributed by atoms with Gasteiger partial charge in [0.2, 0.25) is 10.0 Å². The zero-order chi connectivity index (χ0) is 14.6. The summed E-state index contributed by atoms with van der Waals surface area (Å²) in [5, 5.41) is 7.79. The molecule has 3 N–H and O–H groups in total. The van der Waals surface area contributed by atoms with Crippen molar-refractivity contribution in [2.24, 2.45) is 5.14 Å². The number of hydrogen-bond donors (Lipinski definition) is 2. The van der Waals surface area contributed by atoms with Crippen LogP contribution >= 0.6 is 0 Å². The molecule has 0 aliphatic carbocycles. The lowest BCUT2D eigenvalue weighted by Gasteiger charge is -2.20. The highest BCUT2D eigenvalue weighted by Gasteiger charge is 2.13. The fourth-order valence-electron chi connectivity index (χ4n) is 1.66. The third kappa shape index (κ3) is 3.93. The first-order valence-electron chi connectivity index (χ1n) is 5.99. The summed E-state index contributed by atoms with van der Waals surface area (Å²) in [6.45, 7) is 6.71. The molecule has 0 saturated carbocycles. The van der Waals surface area contributed by atoms with Gasteiger partial charge in [0.15, 0.2) is 0 Å². The molecule has 106 valence electrons. The second-order valence-corrected chi connectivity index (χ2v) is 5.69. The zero-order valence-corrected chi connectivity index (χ0v) is 12.1. The fourth-order valence-corrected chi connectivity index (χ4v) is 2.26. The molecular weight excluding hydrogens is 266 g/mol. The Labute approximate surface area is 113 Å². The lowest BCUT2D eigenvalue weighted by Crippen LogP contribution is -2.34. The van der Waals surface area contributed by atoms with Crippen LogP contribution in [0.2, 0.25) is 0 Å².